The van der Waals surface area contributed by atoms with E-state index in [4.69, 9.17) is 14.5 Å². The van der Waals surface area contributed by atoms with Crippen LogP contribution in [0, 0.1) is 0 Å². The van der Waals surface area contributed by atoms with E-state index in [1.807, 2.05) is 18.2 Å². The van der Waals surface area contributed by atoms with E-state index in [1.54, 1.807) is 14.2 Å². The Morgan fingerprint density at radius 3 is 2.60 bits per heavy atom. The Morgan fingerprint density at radius 2 is 1.84 bits per heavy atom. The molecule has 0 amide bonds. The second kappa shape index (κ2) is 8.06. The van der Waals surface area contributed by atoms with Gasteiger partial charge in [0.25, 0.3) is 0 Å². The minimum absolute atomic E-state index is 0.777. The first kappa shape index (κ1) is 17.3. The van der Waals surface area contributed by atoms with Crippen molar-refractivity contribution in [1.29, 1.82) is 0 Å². The van der Waals surface area contributed by atoms with Gasteiger partial charge < -0.3 is 14.5 Å². The van der Waals surface area contributed by atoms with E-state index >= 15 is 0 Å². The predicted octanol–water partition coefficient (Wildman–Crippen LogP) is 5.37. The van der Waals surface area contributed by atoms with Crippen molar-refractivity contribution >= 4 is 11.0 Å². The lowest BCUT2D eigenvalue weighted by molar-refractivity contribution is 0.404. The highest BCUT2D eigenvalue weighted by Gasteiger charge is 2.12. The molecule has 3 rings (SSSR count). The SMILES string of the molecule is CCCCCCc1ccc2[nH]c(-c3cc(OC)ccc3OC)nc2c1. The highest BCUT2D eigenvalue weighted by molar-refractivity contribution is 5.81. The van der Waals surface area contributed by atoms with Crippen LogP contribution in [0.25, 0.3) is 22.4 Å². The molecule has 1 N–H and O–H groups in total. The van der Waals surface area contributed by atoms with Gasteiger partial charge in [0.05, 0.1) is 30.8 Å². The molecular formula is C21H26N2O2. The van der Waals surface area contributed by atoms with Crippen LogP contribution < -0.4 is 9.47 Å². The molecule has 132 valence electrons. The molecule has 1 heterocycles. The molecule has 0 unspecified atom stereocenters. The summed E-state index contributed by atoms with van der Waals surface area (Å²) in [7, 11) is 3.33. The molecule has 0 aliphatic heterocycles. The number of aromatic nitrogens is 2. The fourth-order valence-corrected chi connectivity index (χ4v) is 3.09. The van der Waals surface area contributed by atoms with Crippen LogP contribution in [0.3, 0.4) is 0 Å². The molecule has 3 aromatic rings. The molecule has 0 spiro atoms. The van der Waals surface area contributed by atoms with Gasteiger partial charge >= 0.3 is 0 Å². The second-order valence-electron chi connectivity index (χ2n) is 6.31. The lowest BCUT2D eigenvalue weighted by Crippen LogP contribution is -1.91. The highest BCUT2D eigenvalue weighted by atomic mass is 16.5. The largest absolute Gasteiger partial charge is 0.497 e. The van der Waals surface area contributed by atoms with Gasteiger partial charge in [-0.1, -0.05) is 32.3 Å². The Kier molecular flexibility index (Phi) is 5.59. The van der Waals surface area contributed by atoms with E-state index in [9.17, 15) is 0 Å². The number of methoxy groups -OCH3 is 2. The number of fused-ring (bicyclic) bond motifs is 1. The van der Waals surface area contributed by atoms with Gasteiger partial charge in [-0.2, -0.15) is 0 Å². The van der Waals surface area contributed by atoms with Gasteiger partial charge in [-0.05, 0) is 48.7 Å². The third kappa shape index (κ3) is 3.95. The maximum Gasteiger partial charge on any atom is 0.142 e. The first-order chi connectivity index (χ1) is 12.2. The summed E-state index contributed by atoms with van der Waals surface area (Å²) >= 11 is 0. The van der Waals surface area contributed by atoms with Gasteiger partial charge in [-0.15, -0.1) is 0 Å². The van der Waals surface area contributed by atoms with E-state index in [0.29, 0.717) is 0 Å². The van der Waals surface area contributed by atoms with Crippen LogP contribution in [0.15, 0.2) is 36.4 Å². The number of unbranched alkanes of at least 4 members (excludes halogenated alkanes) is 3. The number of hydrogen-bond donors (Lipinski definition) is 1. The van der Waals surface area contributed by atoms with Crippen LogP contribution in [0.5, 0.6) is 11.5 Å². The molecule has 0 aliphatic carbocycles. The first-order valence-electron chi connectivity index (χ1n) is 8.96. The zero-order valence-corrected chi connectivity index (χ0v) is 15.3. The topological polar surface area (TPSA) is 47.1 Å². The van der Waals surface area contributed by atoms with Gasteiger partial charge in [0, 0.05) is 0 Å². The number of benzene rings is 2. The monoisotopic (exact) mass is 338 g/mol. The zero-order chi connectivity index (χ0) is 17.6. The summed E-state index contributed by atoms with van der Waals surface area (Å²) in [4.78, 5) is 8.18. The molecule has 0 saturated carbocycles. The van der Waals surface area contributed by atoms with Gasteiger partial charge in [0.15, 0.2) is 0 Å². The Morgan fingerprint density at radius 1 is 0.960 bits per heavy atom. The summed E-state index contributed by atoms with van der Waals surface area (Å²) in [5, 5.41) is 0. The predicted molar refractivity (Wildman–Crippen MR) is 102 cm³/mol. The van der Waals surface area contributed by atoms with Gasteiger partial charge in [0.2, 0.25) is 0 Å². The minimum atomic E-state index is 0.777. The van der Waals surface area contributed by atoms with Crippen LogP contribution in [0.4, 0.5) is 0 Å². The number of imidazole rings is 1. The molecule has 1 aromatic heterocycles. The van der Waals surface area contributed by atoms with Crippen LogP contribution in [-0.4, -0.2) is 24.2 Å². The Bertz CT molecular complexity index is 839. The Balaban J connectivity index is 1.88. The number of aryl methyl sites for hydroxylation is 1. The fourth-order valence-electron chi connectivity index (χ4n) is 3.09. The Hall–Kier alpha value is -2.49. The summed E-state index contributed by atoms with van der Waals surface area (Å²) in [5.41, 5.74) is 4.28. The van der Waals surface area contributed by atoms with Crippen molar-refractivity contribution in [1.82, 2.24) is 9.97 Å². The van der Waals surface area contributed by atoms with Crippen LogP contribution in [0.1, 0.15) is 38.2 Å². The number of hydrogen-bond acceptors (Lipinski definition) is 3. The molecule has 0 saturated heterocycles. The third-order valence-electron chi connectivity index (χ3n) is 4.53. The standard InChI is InChI=1S/C21H26N2O2/c1-4-5-6-7-8-15-9-11-18-19(13-15)23-21(22-18)17-14-16(24-2)10-12-20(17)25-3/h9-14H,4-8H2,1-3H3,(H,22,23). The first-order valence-corrected chi connectivity index (χ1v) is 8.96. The van der Waals surface area contributed by atoms with Crippen molar-refractivity contribution in [3.63, 3.8) is 0 Å². The second-order valence-corrected chi connectivity index (χ2v) is 6.31. The quantitative estimate of drug-likeness (QED) is 0.562. The summed E-state index contributed by atoms with van der Waals surface area (Å²) in [6.45, 7) is 2.24. The Labute approximate surface area is 149 Å². The number of aromatic amines is 1. The summed E-state index contributed by atoms with van der Waals surface area (Å²) in [6.07, 6.45) is 6.22. The van der Waals surface area contributed by atoms with Crippen molar-refractivity contribution in [2.75, 3.05) is 14.2 Å². The summed E-state index contributed by atoms with van der Waals surface area (Å²) < 4.78 is 10.8. The average molecular weight is 338 g/mol. The number of ether oxygens (including phenoxy) is 2. The van der Waals surface area contributed by atoms with Crippen molar-refractivity contribution in [3.05, 3.63) is 42.0 Å². The molecule has 0 aliphatic rings. The van der Waals surface area contributed by atoms with Crippen LogP contribution >= 0.6 is 0 Å². The number of nitrogens with zero attached hydrogens (tertiary/aromatic N) is 1. The molecular weight excluding hydrogens is 312 g/mol. The lowest BCUT2D eigenvalue weighted by atomic mass is 10.1. The zero-order valence-electron chi connectivity index (χ0n) is 15.3. The van der Waals surface area contributed by atoms with E-state index in [0.717, 1.165) is 40.3 Å². The summed E-state index contributed by atoms with van der Waals surface area (Å²) in [5.74, 6) is 2.36. The molecule has 0 fully saturated rings. The minimum Gasteiger partial charge on any atom is -0.497 e. The molecule has 0 atom stereocenters. The van der Waals surface area contributed by atoms with E-state index in [2.05, 4.69) is 30.1 Å². The number of H-pyrrole nitrogens is 1. The third-order valence-corrected chi connectivity index (χ3v) is 4.53. The normalized spacial score (nSPS) is 11.0. The molecule has 0 radical (unpaired) electrons. The smallest absolute Gasteiger partial charge is 0.142 e. The maximum absolute atomic E-state index is 5.48. The van der Waals surface area contributed by atoms with Crippen LogP contribution in [0.2, 0.25) is 0 Å². The van der Waals surface area contributed by atoms with Crippen molar-refractivity contribution in [2.24, 2.45) is 0 Å². The number of rotatable bonds is 8. The fraction of sp³-hybridized carbons (Fsp3) is 0.381. The van der Waals surface area contributed by atoms with E-state index in [1.165, 1.54) is 31.2 Å². The van der Waals surface area contributed by atoms with E-state index < -0.39 is 0 Å². The molecule has 4 nitrogen and oxygen atoms in total. The van der Waals surface area contributed by atoms with Gasteiger partial charge in [0.1, 0.15) is 17.3 Å². The molecule has 0 bridgehead atoms. The maximum atomic E-state index is 5.48. The van der Waals surface area contributed by atoms with Gasteiger partial charge in [-0.25, -0.2) is 4.98 Å². The van der Waals surface area contributed by atoms with Gasteiger partial charge in [-0.3, -0.25) is 0 Å². The average Bonchev–Trinajstić information content (AvgIpc) is 3.08. The van der Waals surface area contributed by atoms with Crippen LogP contribution in [-0.2, 0) is 6.42 Å². The van der Waals surface area contributed by atoms with Crippen molar-refractivity contribution in [2.45, 2.75) is 39.0 Å². The van der Waals surface area contributed by atoms with E-state index in [-0.39, 0.29) is 0 Å². The lowest BCUT2D eigenvalue weighted by Gasteiger charge is -2.08. The summed E-state index contributed by atoms with van der Waals surface area (Å²) in [6, 6.07) is 12.2. The molecule has 25 heavy (non-hydrogen) atoms. The van der Waals surface area contributed by atoms with Crippen molar-refractivity contribution < 1.29 is 9.47 Å². The number of nitrogens with one attached hydrogen (secondary N) is 1. The molecule has 4 heteroatoms. The van der Waals surface area contributed by atoms with Crippen molar-refractivity contribution in [3.8, 4) is 22.9 Å². The molecule has 2 aromatic carbocycles. The highest BCUT2D eigenvalue weighted by Crippen LogP contribution is 2.33.